The Morgan fingerprint density at radius 1 is 1.00 bits per heavy atom. The van der Waals surface area contributed by atoms with Gasteiger partial charge in [0, 0.05) is 23.6 Å². The Hall–Kier alpha value is -2.16. The van der Waals surface area contributed by atoms with E-state index in [1.54, 1.807) is 12.4 Å². The first-order valence-electron chi connectivity index (χ1n) is 5.23. The first kappa shape index (κ1) is 9.09. The molecule has 2 heterocycles. The molecule has 1 N–H and O–H groups in total. The Balaban J connectivity index is 1.89. The zero-order chi connectivity index (χ0) is 10.8. The molecule has 3 heteroatoms. The number of hydrogen-bond acceptors (Lipinski definition) is 3. The van der Waals surface area contributed by atoms with Crippen LogP contribution in [0.3, 0.4) is 0 Å². The molecule has 1 aromatic carbocycles. The molecule has 0 bridgehead atoms. The van der Waals surface area contributed by atoms with Gasteiger partial charge in [-0.2, -0.15) is 0 Å². The monoisotopic (exact) mass is 209 g/mol. The van der Waals surface area contributed by atoms with Crippen molar-refractivity contribution in [1.82, 2.24) is 4.98 Å². The number of aliphatic imine (C=N–C) groups is 1. The third-order valence-electron chi connectivity index (χ3n) is 2.62. The minimum absolute atomic E-state index is 0.767. The number of amidine groups is 1. The van der Waals surface area contributed by atoms with Crippen molar-refractivity contribution < 1.29 is 0 Å². The van der Waals surface area contributed by atoms with E-state index in [1.165, 1.54) is 11.1 Å². The largest absolute Gasteiger partial charge is 0.340 e. The summed E-state index contributed by atoms with van der Waals surface area (Å²) in [6.07, 6.45) is 3.54. The highest BCUT2D eigenvalue weighted by Gasteiger charge is 2.14. The number of nitrogens with one attached hydrogen (secondary N) is 1. The highest BCUT2D eigenvalue weighted by molar-refractivity contribution is 6.10. The Kier molecular flexibility index (Phi) is 2.14. The molecular formula is C13H11N3. The predicted octanol–water partition coefficient (Wildman–Crippen LogP) is 2.45. The average Bonchev–Trinajstić information content (AvgIpc) is 2.74. The summed E-state index contributed by atoms with van der Waals surface area (Å²) >= 11 is 0. The smallest absolute Gasteiger partial charge is 0.133 e. The number of hydrogen-bond donors (Lipinski definition) is 1. The Labute approximate surface area is 93.9 Å². The number of benzene rings is 1. The molecule has 16 heavy (non-hydrogen) atoms. The molecule has 0 aliphatic carbocycles. The van der Waals surface area contributed by atoms with Crippen LogP contribution in [-0.4, -0.2) is 10.8 Å². The van der Waals surface area contributed by atoms with E-state index in [2.05, 4.69) is 27.4 Å². The van der Waals surface area contributed by atoms with Crippen molar-refractivity contribution >= 4 is 11.5 Å². The summed E-state index contributed by atoms with van der Waals surface area (Å²) in [5, 5.41) is 3.31. The maximum absolute atomic E-state index is 4.48. The van der Waals surface area contributed by atoms with Gasteiger partial charge >= 0.3 is 0 Å². The number of fused-ring (bicyclic) bond motifs is 1. The quantitative estimate of drug-likeness (QED) is 0.783. The van der Waals surface area contributed by atoms with Crippen molar-refractivity contribution in [3.8, 4) is 0 Å². The molecule has 1 aliphatic rings. The zero-order valence-electron chi connectivity index (χ0n) is 8.72. The summed E-state index contributed by atoms with van der Waals surface area (Å²) in [6.45, 7) is 0.767. The lowest BCUT2D eigenvalue weighted by Crippen LogP contribution is -2.11. The second kappa shape index (κ2) is 3.77. The molecule has 0 saturated carbocycles. The van der Waals surface area contributed by atoms with E-state index in [-0.39, 0.29) is 0 Å². The first-order valence-corrected chi connectivity index (χ1v) is 5.23. The van der Waals surface area contributed by atoms with Gasteiger partial charge in [-0.3, -0.25) is 9.98 Å². The van der Waals surface area contributed by atoms with Crippen LogP contribution in [0.25, 0.3) is 0 Å². The van der Waals surface area contributed by atoms with Crippen LogP contribution < -0.4 is 5.32 Å². The summed E-state index contributed by atoms with van der Waals surface area (Å²) in [6, 6.07) is 12.2. The van der Waals surface area contributed by atoms with E-state index in [9.17, 15) is 0 Å². The predicted molar refractivity (Wildman–Crippen MR) is 64.5 cm³/mol. The molecule has 0 spiro atoms. The molecule has 0 saturated heterocycles. The molecular weight excluding hydrogens is 198 g/mol. The topological polar surface area (TPSA) is 37.3 Å². The molecule has 1 aliphatic heterocycles. The zero-order valence-corrected chi connectivity index (χ0v) is 8.72. The SMILES string of the molecule is c1ccc2c(c1)CN=C2Nc1ccncc1. The van der Waals surface area contributed by atoms with Crippen LogP contribution in [0.15, 0.2) is 53.8 Å². The van der Waals surface area contributed by atoms with Gasteiger partial charge in [0.2, 0.25) is 0 Å². The molecule has 2 aromatic rings. The van der Waals surface area contributed by atoms with Crippen molar-refractivity contribution in [1.29, 1.82) is 0 Å². The van der Waals surface area contributed by atoms with E-state index in [1.807, 2.05) is 24.3 Å². The first-order chi connectivity index (χ1) is 7.93. The fraction of sp³-hybridized carbons (Fsp3) is 0.0769. The van der Waals surface area contributed by atoms with Crippen molar-refractivity contribution in [2.45, 2.75) is 6.54 Å². The van der Waals surface area contributed by atoms with Gasteiger partial charge in [0.1, 0.15) is 5.84 Å². The van der Waals surface area contributed by atoms with Gasteiger partial charge in [0.25, 0.3) is 0 Å². The van der Waals surface area contributed by atoms with Crippen LogP contribution in [-0.2, 0) is 6.54 Å². The normalized spacial score (nSPS) is 13.1. The van der Waals surface area contributed by atoms with Crippen LogP contribution in [0.1, 0.15) is 11.1 Å². The van der Waals surface area contributed by atoms with Crippen LogP contribution in [0.2, 0.25) is 0 Å². The summed E-state index contributed by atoms with van der Waals surface area (Å²) in [5.74, 6) is 0.946. The molecule has 78 valence electrons. The molecule has 0 atom stereocenters. The lowest BCUT2D eigenvalue weighted by atomic mass is 10.1. The third kappa shape index (κ3) is 1.56. The molecule has 0 radical (unpaired) electrons. The summed E-state index contributed by atoms with van der Waals surface area (Å²) in [5.41, 5.74) is 3.49. The van der Waals surface area contributed by atoms with E-state index in [0.29, 0.717) is 0 Å². The second-order valence-electron chi connectivity index (χ2n) is 3.68. The van der Waals surface area contributed by atoms with E-state index < -0.39 is 0 Å². The average molecular weight is 209 g/mol. The highest BCUT2D eigenvalue weighted by Crippen LogP contribution is 2.19. The lowest BCUT2D eigenvalue weighted by molar-refractivity contribution is 1.11. The minimum atomic E-state index is 0.767. The lowest BCUT2D eigenvalue weighted by Gasteiger charge is -2.06. The number of nitrogens with zero attached hydrogens (tertiary/aromatic N) is 2. The number of aromatic nitrogens is 1. The number of rotatable bonds is 1. The van der Waals surface area contributed by atoms with Crippen LogP contribution >= 0.6 is 0 Å². The minimum Gasteiger partial charge on any atom is -0.340 e. The van der Waals surface area contributed by atoms with Crippen molar-refractivity contribution in [2.75, 3.05) is 5.32 Å². The van der Waals surface area contributed by atoms with Gasteiger partial charge in [-0.05, 0) is 17.7 Å². The van der Waals surface area contributed by atoms with Gasteiger partial charge in [-0.1, -0.05) is 24.3 Å². The van der Waals surface area contributed by atoms with Crippen LogP contribution in [0.5, 0.6) is 0 Å². The molecule has 3 rings (SSSR count). The van der Waals surface area contributed by atoms with Gasteiger partial charge in [-0.25, -0.2) is 0 Å². The third-order valence-corrected chi connectivity index (χ3v) is 2.62. The van der Waals surface area contributed by atoms with Gasteiger partial charge in [-0.15, -0.1) is 0 Å². The summed E-state index contributed by atoms with van der Waals surface area (Å²) in [4.78, 5) is 8.47. The molecule has 0 unspecified atom stereocenters. The van der Waals surface area contributed by atoms with Crippen molar-refractivity contribution in [2.24, 2.45) is 4.99 Å². The van der Waals surface area contributed by atoms with E-state index >= 15 is 0 Å². The van der Waals surface area contributed by atoms with Crippen LogP contribution in [0.4, 0.5) is 5.69 Å². The Morgan fingerprint density at radius 2 is 1.81 bits per heavy atom. The van der Waals surface area contributed by atoms with E-state index in [4.69, 9.17) is 0 Å². The second-order valence-corrected chi connectivity index (χ2v) is 3.68. The molecule has 1 aromatic heterocycles. The fourth-order valence-corrected chi connectivity index (χ4v) is 1.82. The Morgan fingerprint density at radius 3 is 2.69 bits per heavy atom. The number of pyridine rings is 1. The van der Waals surface area contributed by atoms with Gasteiger partial charge < -0.3 is 5.32 Å². The maximum atomic E-state index is 4.48. The van der Waals surface area contributed by atoms with Crippen LogP contribution in [0, 0.1) is 0 Å². The molecule has 0 fully saturated rings. The van der Waals surface area contributed by atoms with Gasteiger partial charge in [0.15, 0.2) is 0 Å². The molecule has 3 nitrogen and oxygen atoms in total. The standard InChI is InChI=1S/C13H11N3/c1-2-4-12-10(3-1)9-15-13(12)16-11-5-7-14-8-6-11/h1-8H,9H2,(H,14,15,16). The summed E-state index contributed by atoms with van der Waals surface area (Å²) < 4.78 is 0. The van der Waals surface area contributed by atoms with Gasteiger partial charge in [0.05, 0.1) is 6.54 Å². The maximum Gasteiger partial charge on any atom is 0.133 e. The Bertz CT molecular complexity index is 532. The fourth-order valence-electron chi connectivity index (χ4n) is 1.82. The van der Waals surface area contributed by atoms with Crippen molar-refractivity contribution in [3.63, 3.8) is 0 Å². The number of anilines is 1. The van der Waals surface area contributed by atoms with E-state index in [0.717, 1.165) is 18.1 Å². The molecule has 0 amide bonds. The summed E-state index contributed by atoms with van der Waals surface area (Å²) in [7, 11) is 0. The van der Waals surface area contributed by atoms with Crippen molar-refractivity contribution in [3.05, 3.63) is 59.9 Å². The highest BCUT2D eigenvalue weighted by atomic mass is 15.0.